The summed E-state index contributed by atoms with van der Waals surface area (Å²) in [6.07, 6.45) is 5.12. The van der Waals surface area contributed by atoms with E-state index < -0.39 is 0 Å². The molecule has 0 aliphatic heterocycles. The molecule has 2 aromatic rings. The van der Waals surface area contributed by atoms with Crippen molar-refractivity contribution in [2.45, 2.75) is 46.2 Å². The van der Waals surface area contributed by atoms with Crippen LogP contribution in [0.5, 0.6) is 0 Å². The summed E-state index contributed by atoms with van der Waals surface area (Å²) < 4.78 is 3.07. The van der Waals surface area contributed by atoms with E-state index in [4.69, 9.17) is 5.84 Å². The summed E-state index contributed by atoms with van der Waals surface area (Å²) in [5.74, 6) is 5.71. The van der Waals surface area contributed by atoms with Gasteiger partial charge in [0.05, 0.1) is 39.5 Å². The van der Waals surface area contributed by atoms with Crippen LogP contribution in [-0.4, -0.2) is 19.7 Å². The van der Waals surface area contributed by atoms with E-state index in [0.29, 0.717) is 6.42 Å². The monoisotopic (exact) mass is 352 g/mol. The molecule has 114 valence electrons. The number of halogens is 1. The molecule has 6 nitrogen and oxygen atoms in total. The highest BCUT2D eigenvalue weighted by Gasteiger charge is 2.20. The van der Waals surface area contributed by atoms with Crippen LogP contribution in [0.25, 0.3) is 0 Å². The maximum absolute atomic E-state index is 5.71. The number of rotatable bonds is 6. The van der Waals surface area contributed by atoms with Gasteiger partial charge in [0.2, 0.25) is 0 Å². The zero-order valence-corrected chi connectivity index (χ0v) is 14.2. The maximum atomic E-state index is 5.71. The van der Waals surface area contributed by atoms with Crippen molar-refractivity contribution in [1.29, 1.82) is 0 Å². The average molecular weight is 353 g/mol. The molecule has 2 heterocycles. The quantitative estimate of drug-likeness (QED) is 0.614. The minimum Gasteiger partial charge on any atom is -0.271 e. The molecule has 0 saturated carbocycles. The van der Waals surface area contributed by atoms with Crippen molar-refractivity contribution in [3.63, 3.8) is 0 Å². The van der Waals surface area contributed by atoms with Gasteiger partial charge >= 0.3 is 0 Å². The second-order valence-corrected chi connectivity index (χ2v) is 5.68. The first-order valence-corrected chi connectivity index (χ1v) is 7.88. The van der Waals surface area contributed by atoms with Crippen LogP contribution in [0.15, 0.2) is 16.9 Å². The highest BCUT2D eigenvalue weighted by molar-refractivity contribution is 9.10. The van der Waals surface area contributed by atoms with Crippen molar-refractivity contribution >= 4 is 15.9 Å². The maximum Gasteiger partial charge on any atom is 0.0773 e. The van der Waals surface area contributed by atoms with Crippen molar-refractivity contribution < 1.29 is 0 Å². The van der Waals surface area contributed by atoms with Gasteiger partial charge in [-0.3, -0.25) is 25.9 Å². The van der Waals surface area contributed by atoms with E-state index in [1.165, 1.54) is 0 Å². The normalized spacial score (nSPS) is 12.6. The van der Waals surface area contributed by atoms with Crippen LogP contribution in [0.4, 0.5) is 0 Å². The van der Waals surface area contributed by atoms with Crippen molar-refractivity contribution in [3.8, 4) is 0 Å². The largest absolute Gasteiger partial charge is 0.271 e. The molecule has 0 aliphatic carbocycles. The topological polar surface area (TPSA) is 81.7 Å². The number of hydrogen-bond donors (Lipinski definition) is 2. The first-order chi connectivity index (χ1) is 10.1. The molecule has 1 unspecified atom stereocenters. The van der Waals surface area contributed by atoms with Gasteiger partial charge in [-0.1, -0.05) is 6.92 Å². The van der Waals surface area contributed by atoms with Crippen molar-refractivity contribution in [2.24, 2.45) is 5.84 Å². The Bertz CT molecular complexity index is 592. The van der Waals surface area contributed by atoms with Crippen LogP contribution in [0.1, 0.15) is 42.7 Å². The Morgan fingerprint density at radius 3 is 2.62 bits per heavy atom. The summed E-state index contributed by atoms with van der Waals surface area (Å²) in [6.45, 7) is 6.92. The summed E-state index contributed by atoms with van der Waals surface area (Å²) in [5.41, 5.74) is 6.74. The Labute approximate surface area is 133 Å². The lowest BCUT2D eigenvalue weighted by Crippen LogP contribution is -2.31. The van der Waals surface area contributed by atoms with Crippen molar-refractivity contribution in [1.82, 2.24) is 25.2 Å². The van der Waals surface area contributed by atoms with Gasteiger partial charge in [-0.2, -0.15) is 5.10 Å². The highest BCUT2D eigenvalue weighted by atomic mass is 79.9. The van der Waals surface area contributed by atoms with Crippen molar-refractivity contribution in [3.05, 3.63) is 39.6 Å². The fourth-order valence-corrected chi connectivity index (χ4v) is 2.96. The molecule has 0 saturated heterocycles. The number of hydrogen-bond acceptors (Lipinski definition) is 5. The third kappa shape index (κ3) is 3.48. The molecule has 7 heteroatoms. The summed E-state index contributed by atoms with van der Waals surface area (Å²) in [5, 5.41) is 4.61. The Morgan fingerprint density at radius 1 is 1.33 bits per heavy atom. The number of aryl methyl sites for hydroxylation is 3. The molecule has 0 aliphatic rings. The first kappa shape index (κ1) is 16.1. The van der Waals surface area contributed by atoms with E-state index in [1.807, 2.05) is 11.6 Å². The molecular formula is C14H21BrN6. The Balaban J connectivity index is 2.30. The van der Waals surface area contributed by atoms with E-state index in [2.05, 4.69) is 50.3 Å². The summed E-state index contributed by atoms with van der Waals surface area (Å²) in [6, 6.07) is -0.0962. The Kier molecular flexibility index (Phi) is 5.44. The molecule has 0 radical (unpaired) electrons. The predicted octanol–water partition coefficient (Wildman–Crippen LogP) is 2.07. The fourth-order valence-electron chi connectivity index (χ4n) is 2.24. The van der Waals surface area contributed by atoms with Crippen LogP contribution < -0.4 is 11.3 Å². The minimum absolute atomic E-state index is 0.0962. The average Bonchev–Trinajstić information content (AvgIpc) is 2.81. The lowest BCUT2D eigenvalue weighted by Gasteiger charge is -2.16. The second kappa shape index (κ2) is 7.11. The van der Waals surface area contributed by atoms with Crippen molar-refractivity contribution in [2.75, 3.05) is 0 Å². The second-order valence-electron chi connectivity index (χ2n) is 4.88. The molecule has 0 bridgehead atoms. The smallest absolute Gasteiger partial charge is 0.0773 e. The van der Waals surface area contributed by atoms with Gasteiger partial charge in [-0.05, 0) is 36.2 Å². The molecule has 0 fully saturated rings. The lowest BCUT2D eigenvalue weighted by molar-refractivity contribution is 0.504. The van der Waals surface area contributed by atoms with Crippen LogP contribution in [0, 0.1) is 6.92 Å². The number of aromatic nitrogens is 4. The molecule has 2 rings (SSSR count). The molecule has 3 N–H and O–H groups in total. The van der Waals surface area contributed by atoms with Crippen LogP contribution in [0.2, 0.25) is 0 Å². The van der Waals surface area contributed by atoms with Gasteiger partial charge in [-0.25, -0.2) is 0 Å². The molecule has 21 heavy (non-hydrogen) atoms. The number of hydrazine groups is 1. The number of nitrogens with two attached hydrogens (primary N) is 1. The van der Waals surface area contributed by atoms with E-state index in [0.717, 1.165) is 40.2 Å². The number of nitrogens with one attached hydrogen (secondary N) is 1. The SMILES string of the molecule is CCc1nn(CC)c(CC(NN)c2cnc(C)cn2)c1Br. The summed E-state index contributed by atoms with van der Waals surface area (Å²) in [4.78, 5) is 8.69. The lowest BCUT2D eigenvalue weighted by atomic mass is 10.1. The Hall–Kier alpha value is -1.31. The van der Waals surface area contributed by atoms with E-state index in [1.54, 1.807) is 12.4 Å². The van der Waals surface area contributed by atoms with Gasteiger partial charge < -0.3 is 0 Å². The molecule has 0 spiro atoms. The third-order valence-corrected chi connectivity index (χ3v) is 4.37. The van der Waals surface area contributed by atoms with E-state index in [-0.39, 0.29) is 6.04 Å². The van der Waals surface area contributed by atoms with Gasteiger partial charge in [-0.15, -0.1) is 0 Å². The summed E-state index contributed by atoms with van der Waals surface area (Å²) >= 11 is 3.66. The standard InChI is InChI=1S/C14H21BrN6/c1-4-10-14(15)13(21(5-2)20-10)6-11(19-16)12-8-17-9(3)7-18-12/h7-8,11,19H,4-6,16H2,1-3H3. The molecule has 1 atom stereocenters. The van der Waals surface area contributed by atoms with Gasteiger partial charge in [0.1, 0.15) is 0 Å². The number of nitrogens with zero attached hydrogens (tertiary/aromatic N) is 4. The van der Waals surface area contributed by atoms with Crippen LogP contribution in [-0.2, 0) is 19.4 Å². The van der Waals surface area contributed by atoms with Crippen LogP contribution in [0.3, 0.4) is 0 Å². The third-order valence-electron chi connectivity index (χ3n) is 3.45. The summed E-state index contributed by atoms with van der Waals surface area (Å²) in [7, 11) is 0. The van der Waals surface area contributed by atoms with E-state index >= 15 is 0 Å². The van der Waals surface area contributed by atoms with E-state index in [9.17, 15) is 0 Å². The van der Waals surface area contributed by atoms with Crippen LogP contribution >= 0.6 is 15.9 Å². The van der Waals surface area contributed by atoms with Gasteiger partial charge in [0.25, 0.3) is 0 Å². The molecule has 0 amide bonds. The zero-order valence-electron chi connectivity index (χ0n) is 12.6. The minimum atomic E-state index is -0.0962. The predicted molar refractivity (Wildman–Crippen MR) is 85.5 cm³/mol. The molecular weight excluding hydrogens is 332 g/mol. The molecule has 2 aromatic heterocycles. The first-order valence-electron chi connectivity index (χ1n) is 7.09. The zero-order chi connectivity index (χ0) is 15.4. The highest BCUT2D eigenvalue weighted by Crippen LogP contribution is 2.26. The van der Waals surface area contributed by atoms with Gasteiger partial charge in [0.15, 0.2) is 0 Å². The van der Waals surface area contributed by atoms with Gasteiger partial charge in [0, 0.05) is 19.2 Å². The molecule has 0 aromatic carbocycles. The fraction of sp³-hybridized carbons (Fsp3) is 0.500. The Morgan fingerprint density at radius 2 is 2.10 bits per heavy atom.